The van der Waals surface area contributed by atoms with E-state index in [1.807, 2.05) is 0 Å². The van der Waals surface area contributed by atoms with Crippen LogP contribution in [0, 0.1) is 12.3 Å². The first-order valence-electron chi connectivity index (χ1n) is 4.28. The lowest BCUT2D eigenvalue weighted by Gasteiger charge is -2.00. The van der Waals surface area contributed by atoms with E-state index in [9.17, 15) is 0 Å². The summed E-state index contributed by atoms with van der Waals surface area (Å²) in [5.41, 5.74) is 13.0. The molecule has 15 heavy (non-hydrogen) atoms. The van der Waals surface area contributed by atoms with Gasteiger partial charge in [-0.1, -0.05) is 0 Å². The quantitative estimate of drug-likeness (QED) is 0.587. The predicted molar refractivity (Wildman–Crippen MR) is 56.7 cm³/mol. The minimum Gasteiger partial charge on any atom is -0.393 e. The average Bonchev–Trinajstić information content (AvgIpc) is 2.82. The summed E-state index contributed by atoms with van der Waals surface area (Å²) in [6, 6.07) is 0. The summed E-state index contributed by atoms with van der Waals surface area (Å²) >= 11 is 0. The lowest BCUT2D eigenvalue weighted by molar-refractivity contribution is 0.683. The Morgan fingerprint density at radius 3 is 2.87 bits per heavy atom. The van der Waals surface area contributed by atoms with Crippen molar-refractivity contribution < 1.29 is 0 Å². The molecule has 0 aliphatic heterocycles. The summed E-state index contributed by atoms with van der Waals surface area (Å²) in [6.45, 7) is 0.470. The molecule has 0 fully saturated rings. The molecule has 0 unspecified atom stereocenters. The molecule has 5 N–H and O–H groups in total. The molecule has 0 aromatic carbocycles. The SMILES string of the molecule is C#Cc1nn(Cc2cnc[nH]2)c(N)c1N. The van der Waals surface area contributed by atoms with E-state index < -0.39 is 0 Å². The summed E-state index contributed by atoms with van der Waals surface area (Å²) in [7, 11) is 0. The van der Waals surface area contributed by atoms with Crippen molar-refractivity contribution in [2.75, 3.05) is 11.5 Å². The lowest BCUT2D eigenvalue weighted by atomic mass is 10.4. The number of terminal acetylenes is 1. The summed E-state index contributed by atoms with van der Waals surface area (Å²) in [6.07, 6.45) is 8.50. The highest BCUT2D eigenvalue weighted by Crippen LogP contribution is 2.18. The van der Waals surface area contributed by atoms with E-state index >= 15 is 0 Å². The van der Waals surface area contributed by atoms with Gasteiger partial charge in [0, 0.05) is 6.20 Å². The number of aromatic nitrogens is 4. The molecule has 0 saturated carbocycles. The van der Waals surface area contributed by atoms with Gasteiger partial charge in [-0.05, 0) is 5.92 Å². The van der Waals surface area contributed by atoms with E-state index in [0.717, 1.165) is 5.69 Å². The van der Waals surface area contributed by atoms with Gasteiger partial charge in [-0.25, -0.2) is 9.67 Å². The van der Waals surface area contributed by atoms with E-state index in [4.69, 9.17) is 17.9 Å². The summed E-state index contributed by atoms with van der Waals surface area (Å²) in [5.74, 6) is 2.75. The number of H-pyrrole nitrogens is 1. The average molecular weight is 202 g/mol. The highest BCUT2D eigenvalue weighted by Gasteiger charge is 2.11. The molecule has 0 radical (unpaired) electrons. The smallest absolute Gasteiger partial charge is 0.160 e. The van der Waals surface area contributed by atoms with Crippen LogP contribution >= 0.6 is 0 Å². The molecule has 2 rings (SSSR count). The van der Waals surface area contributed by atoms with Crippen LogP contribution in [0.1, 0.15) is 11.4 Å². The molecule has 2 aromatic heterocycles. The van der Waals surface area contributed by atoms with Crippen molar-refractivity contribution in [2.24, 2.45) is 0 Å². The van der Waals surface area contributed by atoms with Gasteiger partial charge in [-0.2, -0.15) is 5.10 Å². The maximum Gasteiger partial charge on any atom is 0.160 e. The molecule has 76 valence electrons. The van der Waals surface area contributed by atoms with Crippen LogP contribution < -0.4 is 11.5 Å². The van der Waals surface area contributed by atoms with Crippen LogP contribution in [0.25, 0.3) is 0 Å². The Morgan fingerprint density at radius 1 is 1.53 bits per heavy atom. The minimum atomic E-state index is 0.344. The van der Waals surface area contributed by atoms with Gasteiger partial charge in [0.2, 0.25) is 0 Å². The molecule has 0 saturated heterocycles. The molecule has 0 aliphatic carbocycles. The van der Waals surface area contributed by atoms with Crippen molar-refractivity contribution in [3.05, 3.63) is 23.9 Å². The van der Waals surface area contributed by atoms with Crippen LogP contribution in [0.2, 0.25) is 0 Å². The summed E-state index contributed by atoms with van der Waals surface area (Å²) in [4.78, 5) is 6.83. The number of anilines is 2. The highest BCUT2D eigenvalue weighted by molar-refractivity contribution is 5.66. The number of nitrogens with two attached hydrogens (primary N) is 2. The molecule has 0 aliphatic rings. The third kappa shape index (κ3) is 1.50. The van der Waals surface area contributed by atoms with Gasteiger partial charge in [0.1, 0.15) is 11.5 Å². The van der Waals surface area contributed by atoms with Crippen LogP contribution in [0.15, 0.2) is 12.5 Å². The van der Waals surface area contributed by atoms with Gasteiger partial charge in [-0.15, -0.1) is 6.42 Å². The number of nitrogens with one attached hydrogen (secondary N) is 1. The Labute approximate surface area is 86.3 Å². The van der Waals surface area contributed by atoms with Gasteiger partial charge < -0.3 is 16.5 Å². The monoisotopic (exact) mass is 202 g/mol. The van der Waals surface area contributed by atoms with Crippen molar-refractivity contribution in [2.45, 2.75) is 6.54 Å². The normalized spacial score (nSPS) is 10.1. The second kappa shape index (κ2) is 3.38. The van der Waals surface area contributed by atoms with Crippen molar-refractivity contribution in [1.29, 1.82) is 0 Å². The number of rotatable bonds is 2. The molecular weight excluding hydrogens is 192 g/mol. The second-order valence-corrected chi connectivity index (χ2v) is 3.03. The third-order valence-corrected chi connectivity index (χ3v) is 2.04. The Bertz CT molecular complexity index is 501. The lowest BCUT2D eigenvalue weighted by Crippen LogP contribution is -2.06. The summed E-state index contributed by atoms with van der Waals surface area (Å²) < 4.78 is 1.54. The first kappa shape index (κ1) is 9.15. The van der Waals surface area contributed by atoms with Crippen molar-refractivity contribution in [3.8, 4) is 12.3 Å². The standard InChI is InChI=1S/C9H10N6/c1-2-7-8(10)9(11)15(14-7)4-6-3-12-5-13-6/h1,3,5H,4,10-11H2,(H,12,13). The van der Waals surface area contributed by atoms with Crippen LogP contribution in [0.4, 0.5) is 11.5 Å². The molecule has 0 amide bonds. The van der Waals surface area contributed by atoms with E-state index in [0.29, 0.717) is 23.7 Å². The first-order chi connectivity index (χ1) is 7.22. The largest absolute Gasteiger partial charge is 0.393 e. The summed E-state index contributed by atoms with van der Waals surface area (Å²) in [5, 5.41) is 4.09. The van der Waals surface area contributed by atoms with Crippen molar-refractivity contribution in [3.63, 3.8) is 0 Å². The maximum absolute atomic E-state index is 5.74. The minimum absolute atomic E-state index is 0.344. The van der Waals surface area contributed by atoms with Gasteiger partial charge in [-0.3, -0.25) is 0 Å². The number of nitrogen functional groups attached to an aromatic ring is 2. The van der Waals surface area contributed by atoms with Crippen molar-refractivity contribution in [1.82, 2.24) is 19.7 Å². The number of imidazole rings is 1. The van der Waals surface area contributed by atoms with Crippen LogP contribution in [0.5, 0.6) is 0 Å². The number of nitrogens with zero attached hydrogens (tertiary/aromatic N) is 3. The molecule has 0 spiro atoms. The van der Waals surface area contributed by atoms with Gasteiger partial charge in [0.25, 0.3) is 0 Å². The maximum atomic E-state index is 5.74. The molecule has 6 nitrogen and oxygen atoms in total. The van der Waals surface area contributed by atoms with Crippen LogP contribution in [0.3, 0.4) is 0 Å². The fourth-order valence-electron chi connectivity index (χ4n) is 1.25. The van der Waals surface area contributed by atoms with Crippen molar-refractivity contribution >= 4 is 11.5 Å². The zero-order valence-corrected chi connectivity index (χ0v) is 7.94. The zero-order valence-electron chi connectivity index (χ0n) is 7.94. The Hall–Kier alpha value is -2.42. The van der Waals surface area contributed by atoms with Gasteiger partial charge in [0.15, 0.2) is 5.69 Å². The fraction of sp³-hybridized carbons (Fsp3) is 0.111. The Kier molecular flexibility index (Phi) is 2.06. The topological polar surface area (TPSA) is 98.5 Å². The van der Waals surface area contributed by atoms with E-state index in [1.165, 1.54) is 4.68 Å². The molecule has 0 atom stereocenters. The van der Waals surface area contributed by atoms with E-state index in [1.54, 1.807) is 12.5 Å². The molecule has 2 heterocycles. The van der Waals surface area contributed by atoms with Gasteiger partial charge in [0.05, 0.1) is 18.6 Å². The zero-order chi connectivity index (χ0) is 10.8. The third-order valence-electron chi connectivity index (χ3n) is 2.04. The van der Waals surface area contributed by atoms with Crippen LogP contribution in [-0.4, -0.2) is 19.7 Å². The molecule has 0 bridgehead atoms. The van der Waals surface area contributed by atoms with Crippen LogP contribution in [-0.2, 0) is 6.54 Å². The second-order valence-electron chi connectivity index (χ2n) is 3.03. The van der Waals surface area contributed by atoms with E-state index in [2.05, 4.69) is 21.0 Å². The van der Waals surface area contributed by atoms with Gasteiger partial charge >= 0.3 is 0 Å². The number of aromatic amines is 1. The predicted octanol–water partition coefficient (Wildman–Crippen LogP) is -0.200. The first-order valence-corrected chi connectivity index (χ1v) is 4.28. The molecule has 2 aromatic rings. The van der Waals surface area contributed by atoms with E-state index in [-0.39, 0.29) is 0 Å². The number of hydrogen-bond acceptors (Lipinski definition) is 4. The highest BCUT2D eigenvalue weighted by atomic mass is 15.3. The number of hydrogen-bond donors (Lipinski definition) is 3. The fourth-order valence-corrected chi connectivity index (χ4v) is 1.25. The Morgan fingerprint density at radius 2 is 2.33 bits per heavy atom. The molecule has 6 heteroatoms. The molecular formula is C9H10N6. The Balaban J connectivity index is 2.34.